The molecule has 27 nitrogen and oxygen atoms in total. The zero-order valence-corrected chi connectivity index (χ0v) is 58.2. The van der Waals surface area contributed by atoms with Gasteiger partial charge in [0.15, 0.2) is 13.5 Å². The van der Waals surface area contributed by atoms with Crippen molar-refractivity contribution in [2.24, 2.45) is 0 Å². The van der Waals surface area contributed by atoms with Gasteiger partial charge in [0.05, 0.1) is 110 Å². The van der Waals surface area contributed by atoms with E-state index >= 15 is 0 Å². The maximum absolute atomic E-state index is 13.5. The number of carbonyl (C=O) groups excluding carboxylic acids is 5. The molecule has 6 N–H and O–H groups in total. The first kappa shape index (κ1) is 84.9. The highest BCUT2D eigenvalue weighted by atomic mass is 35.5. The average molecular weight is 1620 g/mol. The zero-order chi connectivity index (χ0) is 81.4. The fraction of sp³-hybridized carbons (Fsp3) is 0.191. The number of halogens is 15. The summed E-state index contributed by atoms with van der Waals surface area (Å²) in [6.45, 7) is 2.42. The van der Waals surface area contributed by atoms with Crippen molar-refractivity contribution in [2.75, 3.05) is 16.0 Å². The fourth-order valence-electron chi connectivity index (χ4n) is 8.86. The molecule has 0 saturated carbocycles. The number of carbonyl (C=O) groups is 7. The third-order valence-electron chi connectivity index (χ3n) is 14.2. The van der Waals surface area contributed by atoms with Crippen LogP contribution in [0.25, 0.3) is 0 Å². The van der Waals surface area contributed by atoms with Gasteiger partial charge in [-0.15, -0.1) is 0 Å². The number of aliphatic hydroxyl groups is 1. The van der Waals surface area contributed by atoms with Crippen molar-refractivity contribution in [1.82, 2.24) is 29.3 Å². The number of aliphatic carboxylic acids is 2. The van der Waals surface area contributed by atoms with Crippen LogP contribution in [0, 0.1) is 38.2 Å². The number of aliphatic hydroxyl groups excluding tert-OH is 1. The molecule has 0 spiro atoms. The van der Waals surface area contributed by atoms with Gasteiger partial charge in [-0.2, -0.15) is 64.2 Å². The lowest BCUT2D eigenvalue weighted by Gasteiger charge is -2.17. The molecule has 42 heteroatoms. The fourth-order valence-corrected chi connectivity index (χ4v) is 9.68. The van der Waals surface area contributed by atoms with Gasteiger partial charge in [-0.1, -0.05) is 34.8 Å². The summed E-state index contributed by atoms with van der Waals surface area (Å²) in [5.74, 6) is -10.6. The van der Waals surface area contributed by atoms with E-state index in [1.807, 2.05) is 0 Å². The first-order chi connectivity index (χ1) is 51.5. The normalized spacial score (nSPS) is 11.2. The molecule has 3 aromatic heterocycles. The van der Waals surface area contributed by atoms with Crippen LogP contribution in [0.4, 0.5) is 69.7 Å². The Morgan fingerprint density at radius 3 is 0.918 bits per heavy atom. The topological polar surface area (TPSA) is 367 Å². The van der Waals surface area contributed by atoms with Crippen molar-refractivity contribution in [3.63, 3.8) is 0 Å². The van der Waals surface area contributed by atoms with Crippen molar-refractivity contribution in [2.45, 2.75) is 85.2 Å². The quantitative estimate of drug-likeness (QED) is 0.0256. The van der Waals surface area contributed by atoms with E-state index in [4.69, 9.17) is 73.8 Å². The van der Waals surface area contributed by atoms with Gasteiger partial charge in [0.2, 0.25) is 0 Å². The molecule has 0 radical (unpaired) electrons. The van der Waals surface area contributed by atoms with Gasteiger partial charge >= 0.3 is 42.4 Å². The molecule has 110 heavy (non-hydrogen) atoms. The Hall–Kier alpha value is -12.4. The van der Waals surface area contributed by atoms with Crippen LogP contribution in [-0.4, -0.2) is 86.3 Å². The molecule has 3 heterocycles. The summed E-state index contributed by atoms with van der Waals surface area (Å²) in [5.41, 5.74) is -7.10. The number of rotatable bonds is 23. The molecule has 0 unspecified atom stereocenters. The second kappa shape index (κ2) is 36.5. The molecule has 0 aliphatic heterocycles. The van der Waals surface area contributed by atoms with Crippen LogP contribution in [0.3, 0.4) is 0 Å². The van der Waals surface area contributed by atoms with E-state index in [0.29, 0.717) is 32.2 Å². The highest BCUT2D eigenvalue weighted by Gasteiger charge is 2.38. The Labute approximate surface area is 622 Å². The van der Waals surface area contributed by atoms with Crippen molar-refractivity contribution in [1.29, 1.82) is 0 Å². The van der Waals surface area contributed by atoms with Crippen LogP contribution in [0.2, 0.25) is 15.1 Å². The van der Waals surface area contributed by atoms with E-state index in [1.165, 1.54) is 39.0 Å². The Balaban J connectivity index is 0.000000231. The first-order valence-corrected chi connectivity index (χ1v) is 31.7. The average Bonchev–Trinajstić information content (AvgIpc) is 0.796. The molecule has 9 aromatic rings. The van der Waals surface area contributed by atoms with Gasteiger partial charge < -0.3 is 55.0 Å². The standard InChI is InChI=1S/2C24H18ClF4N3O7.C20H14ClF4N3O4/c2*1-12-6-13(26)2-3-18(12)39-19-9-16(24(27,28)29)17(25)8-15(19)23(37)31-14-7-20(33)32(30-10-14)11-38-22(36)5-4-21(34)35;1-10-4-11(22)2-3-16(10)32-17-7-14(20(23,24)25)15(21)6-13(17)19(31)27-12-5-18(30)28(9-29)26-8-12/h2*2-3,6-10H,4-5,11H2,1H3,(H,31,37)(H,34,35);2-8,29H,9H2,1H3,(H,27,31). The van der Waals surface area contributed by atoms with Crippen LogP contribution in [0.1, 0.15) is 90.1 Å². The monoisotopic (exact) mass is 1610 g/mol. The molecular weight excluding hydrogens is 1570 g/mol. The highest BCUT2D eigenvalue weighted by molar-refractivity contribution is 6.33. The van der Waals surface area contributed by atoms with Gasteiger partial charge in [-0.05, 0) is 128 Å². The molecule has 0 atom stereocenters. The molecule has 0 saturated heterocycles. The number of benzene rings is 6. The number of carboxylic acid groups (broad SMARTS) is 2. The van der Waals surface area contributed by atoms with Gasteiger partial charge in [-0.3, -0.25) is 47.9 Å². The van der Waals surface area contributed by atoms with E-state index in [-0.39, 0.29) is 56.6 Å². The summed E-state index contributed by atoms with van der Waals surface area (Å²) in [6.07, 6.45) is -13.3. The van der Waals surface area contributed by atoms with Crippen molar-refractivity contribution >= 4 is 93.5 Å². The lowest BCUT2D eigenvalue weighted by atomic mass is 10.1. The number of nitrogens with one attached hydrogen (secondary N) is 3. The number of aryl methyl sites for hydroxylation is 3. The number of amides is 3. The summed E-state index contributed by atoms with van der Waals surface area (Å²) in [4.78, 5) is 119. The lowest BCUT2D eigenvalue weighted by Crippen LogP contribution is -2.26. The smallest absolute Gasteiger partial charge is 0.417 e. The number of carboxylic acids is 2. The number of ether oxygens (including phenoxy) is 5. The molecule has 0 fully saturated rings. The van der Waals surface area contributed by atoms with Crippen LogP contribution in [-0.2, 0) is 67.4 Å². The third-order valence-corrected chi connectivity index (χ3v) is 15.2. The second-order valence-corrected chi connectivity index (χ2v) is 23.6. The molecule has 3 amide bonds. The third kappa shape index (κ3) is 23.8. The molecule has 0 aliphatic rings. The SMILES string of the molecule is Cc1cc(F)ccc1Oc1cc(C(F)(F)F)c(Cl)cc1C(=O)Nc1cnn(CO)c(=O)c1.Cc1cc(F)ccc1Oc1cc(C(F)(F)F)c(Cl)cc1C(=O)Nc1cnn(COC(=O)CCC(=O)O)c(=O)c1.Cc1cc(F)ccc1Oc1cc(C(F)(F)F)c(Cl)cc1C(=O)Nc1cnn(COC(=O)CCC(=O)O)c(=O)c1. The number of hydrogen-bond acceptors (Lipinski definition) is 19. The Bertz CT molecular complexity index is 5010. The number of hydrogen-bond donors (Lipinski definition) is 6. The summed E-state index contributed by atoms with van der Waals surface area (Å²) in [7, 11) is 0. The zero-order valence-electron chi connectivity index (χ0n) is 55.9. The summed E-state index contributed by atoms with van der Waals surface area (Å²) >= 11 is 17.3. The van der Waals surface area contributed by atoms with E-state index in [9.17, 15) is 101 Å². The van der Waals surface area contributed by atoms with E-state index in [1.54, 1.807) is 0 Å². The lowest BCUT2D eigenvalue weighted by molar-refractivity contribution is -0.151. The van der Waals surface area contributed by atoms with E-state index in [2.05, 4.69) is 31.2 Å². The van der Waals surface area contributed by atoms with Crippen molar-refractivity contribution < 1.29 is 125 Å². The summed E-state index contributed by atoms with van der Waals surface area (Å²) in [6, 6.07) is 16.5. The number of nitrogens with zero attached hydrogens (tertiary/aromatic N) is 6. The van der Waals surface area contributed by atoms with Crippen LogP contribution in [0.15, 0.2) is 142 Å². The number of aromatic nitrogens is 6. The van der Waals surface area contributed by atoms with Gasteiger partial charge in [0.1, 0.15) is 58.7 Å². The minimum Gasteiger partial charge on any atom is -0.481 e. The molecular formula is C68H50Cl3F12N9O18. The van der Waals surface area contributed by atoms with E-state index < -0.39 is 200 Å². The Kier molecular flexibility index (Phi) is 28.2. The van der Waals surface area contributed by atoms with Crippen LogP contribution in [0.5, 0.6) is 34.5 Å². The largest absolute Gasteiger partial charge is 0.481 e. The molecule has 0 bridgehead atoms. The molecule has 580 valence electrons. The van der Waals surface area contributed by atoms with Gasteiger partial charge in [-0.25, -0.2) is 17.9 Å². The van der Waals surface area contributed by atoms with E-state index in [0.717, 1.165) is 91.4 Å². The molecule has 6 aromatic carbocycles. The minimum absolute atomic E-state index is 0.0168. The van der Waals surface area contributed by atoms with Gasteiger partial charge in [0, 0.05) is 18.2 Å². The van der Waals surface area contributed by atoms with Crippen LogP contribution < -0.4 is 46.8 Å². The highest BCUT2D eigenvalue weighted by Crippen LogP contribution is 2.44. The number of alkyl halides is 9. The minimum atomic E-state index is -4.88. The summed E-state index contributed by atoms with van der Waals surface area (Å²) < 4.78 is 189. The number of anilines is 3. The number of esters is 2. The molecule has 0 aliphatic carbocycles. The Morgan fingerprint density at radius 1 is 0.409 bits per heavy atom. The molecule has 9 rings (SSSR count). The Morgan fingerprint density at radius 2 is 0.682 bits per heavy atom. The maximum atomic E-state index is 13.5. The first-order valence-electron chi connectivity index (χ1n) is 30.5. The van der Waals surface area contributed by atoms with Crippen LogP contribution >= 0.6 is 34.8 Å². The predicted molar refractivity (Wildman–Crippen MR) is 360 cm³/mol. The van der Waals surface area contributed by atoms with Crippen molar-refractivity contribution in [3.05, 3.63) is 241 Å². The predicted octanol–water partition coefficient (Wildman–Crippen LogP) is 13.9. The van der Waals surface area contributed by atoms with Crippen molar-refractivity contribution in [3.8, 4) is 34.5 Å². The van der Waals surface area contributed by atoms with Gasteiger partial charge in [0.25, 0.3) is 34.4 Å². The summed E-state index contributed by atoms with van der Waals surface area (Å²) in [5, 5.41) is 41.7. The second-order valence-electron chi connectivity index (χ2n) is 22.3. The maximum Gasteiger partial charge on any atom is 0.417 e.